The summed E-state index contributed by atoms with van der Waals surface area (Å²) < 4.78 is 0. The predicted molar refractivity (Wildman–Crippen MR) is 114 cm³/mol. The van der Waals surface area contributed by atoms with Crippen molar-refractivity contribution in [3.63, 3.8) is 0 Å². The van der Waals surface area contributed by atoms with Crippen molar-refractivity contribution in [3.8, 4) is 0 Å². The number of hydrogen-bond donors (Lipinski definition) is 2. The summed E-state index contributed by atoms with van der Waals surface area (Å²) in [7, 11) is 0. The number of amides is 2. The van der Waals surface area contributed by atoms with E-state index in [2.05, 4.69) is 10.2 Å². The Hall–Kier alpha value is -3.06. The van der Waals surface area contributed by atoms with E-state index in [-0.39, 0.29) is 18.7 Å². The summed E-state index contributed by atoms with van der Waals surface area (Å²) in [5.41, 5.74) is 1.68. The Labute approximate surface area is 180 Å². The Kier molecular flexibility index (Phi) is 7.30. The lowest BCUT2D eigenvalue weighted by molar-refractivity contribution is -0.139. The number of carboxylic acids is 1. The largest absolute Gasteiger partial charge is 0.481 e. The number of nitrogens with one attached hydrogen (secondary N) is 1. The first-order chi connectivity index (χ1) is 14.4. The first-order valence-electron chi connectivity index (χ1n) is 9.79. The lowest BCUT2D eigenvalue weighted by atomic mass is 10.0. The van der Waals surface area contributed by atoms with Crippen LogP contribution in [0.25, 0.3) is 0 Å². The highest BCUT2D eigenvalue weighted by molar-refractivity contribution is 6.30. The number of aliphatic carboxylic acids is 1. The zero-order valence-corrected chi connectivity index (χ0v) is 17.2. The van der Waals surface area contributed by atoms with Gasteiger partial charge in [-0.05, 0) is 23.8 Å². The van der Waals surface area contributed by atoms with Gasteiger partial charge in [0, 0.05) is 43.3 Å². The van der Waals surface area contributed by atoms with Crippen molar-refractivity contribution in [1.29, 1.82) is 0 Å². The van der Waals surface area contributed by atoms with Crippen molar-refractivity contribution in [2.75, 3.05) is 31.1 Å². The molecule has 2 amide bonds. The highest BCUT2D eigenvalue weighted by Gasteiger charge is 2.30. The number of hydrogen-bond acceptors (Lipinski definition) is 4. The van der Waals surface area contributed by atoms with Gasteiger partial charge in [0.2, 0.25) is 11.8 Å². The molecule has 2 aromatic rings. The molecule has 2 N–H and O–H groups in total. The van der Waals surface area contributed by atoms with Crippen LogP contribution < -0.4 is 10.2 Å². The van der Waals surface area contributed by atoms with Crippen molar-refractivity contribution in [2.24, 2.45) is 0 Å². The summed E-state index contributed by atoms with van der Waals surface area (Å²) in [6, 6.07) is 15.8. The second-order valence-electron chi connectivity index (χ2n) is 7.10. The molecule has 3 rings (SSSR count). The summed E-state index contributed by atoms with van der Waals surface area (Å²) in [5.74, 6) is -1.71. The minimum Gasteiger partial charge on any atom is -0.481 e. The zero-order chi connectivity index (χ0) is 21.5. The summed E-state index contributed by atoms with van der Waals surface area (Å²) in [6.45, 7) is 2.33. The third-order valence-corrected chi connectivity index (χ3v) is 5.25. The number of benzene rings is 2. The van der Waals surface area contributed by atoms with E-state index >= 15 is 0 Å². The van der Waals surface area contributed by atoms with E-state index in [9.17, 15) is 14.4 Å². The van der Waals surface area contributed by atoms with Crippen molar-refractivity contribution in [1.82, 2.24) is 10.2 Å². The Balaban J connectivity index is 1.67. The predicted octanol–water partition coefficient (Wildman–Crippen LogP) is 2.71. The van der Waals surface area contributed by atoms with E-state index in [0.717, 1.165) is 5.69 Å². The second kappa shape index (κ2) is 10.1. The molecule has 1 aliphatic heterocycles. The highest BCUT2D eigenvalue weighted by Crippen LogP contribution is 2.22. The molecular formula is C22H24ClN3O4. The van der Waals surface area contributed by atoms with Gasteiger partial charge in [-0.3, -0.25) is 14.4 Å². The molecule has 1 aliphatic rings. The van der Waals surface area contributed by atoms with E-state index in [0.29, 0.717) is 36.8 Å². The normalized spacial score (nSPS) is 14.8. The summed E-state index contributed by atoms with van der Waals surface area (Å²) in [6.07, 6.45) is -0.450. The van der Waals surface area contributed by atoms with E-state index < -0.39 is 17.9 Å². The van der Waals surface area contributed by atoms with Gasteiger partial charge in [-0.25, -0.2) is 0 Å². The first-order valence-corrected chi connectivity index (χ1v) is 10.2. The van der Waals surface area contributed by atoms with Crippen LogP contribution in [0.3, 0.4) is 0 Å². The SMILES string of the molecule is O=C(O)CCC(=O)N[C@@H](C(=O)N1CCN(c2cccc(Cl)c2)CC1)c1ccccc1. The highest BCUT2D eigenvalue weighted by atomic mass is 35.5. The maximum Gasteiger partial charge on any atom is 0.303 e. The van der Waals surface area contributed by atoms with Crippen LogP contribution in [-0.2, 0) is 14.4 Å². The number of carbonyl (C=O) groups is 3. The average Bonchev–Trinajstić information content (AvgIpc) is 2.76. The minimum absolute atomic E-state index is 0.172. The lowest BCUT2D eigenvalue weighted by Crippen LogP contribution is -2.52. The average molecular weight is 430 g/mol. The number of rotatable bonds is 7. The Morgan fingerprint density at radius 1 is 0.967 bits per heavy atom. The Bertz CT molecular complexity index is 898. The van der Waals surface area contributed by atoms with Gasteiger partial charge < -0.3 is 20.2 Å². The number of carbonyl (C=O) groups excluding carboxylic acids is 2. The molecule has 1 heterocycles. The first kappa shape index (κ1) is 21.6. The van der Waals surface area contributed by atoms with Gasteiger partial charge in [0.25, 0.3) is 0 Å². The topological polar surface area (TPSA) is 89.9 Å². The fraction of sp³-hybridized carbons (Fsp3) is 0.318. The quantitative estimate of drug-likeness (QED) is 0.706. The van der Waals surface area contributed by atoms with Crippen LogP contribution in [0.2, 0.25) is 5.02 Å². The number of piperazine rings is 1. The molecule has 30 heavy (non-hydrogen) atoms. The lowest BCUT2D eigenvalue weighted by Gasteiger charge is -2.37. The van der Waals surface area contributed by atoms with Crippen LogP contribution in [0.4, 0.5) is 5.69 Å². The smallest absolute Gasteiger partial charge is 0.303 e. The number of anilines is 1. The van der Waals surface area contributed by atoms with Gasteiger partial charge in [-0.1, -0.05) is 48.0 Å². The van der Waals surface area contributed by atoms with Gasteiger partial charge in [-0.15, -0.1) is 0 Å². The van der Waals surface area contributed by atoms with Gasteiger partial charge in [-0.2, -0.15) is 0 Å². The molecular weight excluding hydrogens is 406 g/mol. The van der Waals surface area contributed by atoms with Crippen LogP contribution in [0.1, 0.15) is 24.4 Å². The molecule has 1 fully saturated rings. The van der Waals surface area contributed by atoms with Gasteiger partial charge in [0.15, 0.2) is 0 Å². The van der Waals surface area contributed by atoms with Crippen LogP contribution in [-0.4, -0.2) is 54.0 Å². The molecule has 0 aliphatic carbocycles. The van der Waals surface area contributed by atoms with E-state index in [1.165, 1.54) is 0 Å². The monoisotopic (exact) mass is 429 g/mol. The molecule has 1 saturated heterocycles. The summed E-state index contributed by atoms with van der Waals surface area (Å²) in [4.78, 5) is 40.1. The Morgan fingerprint density at radius 2 is 1.67 bits per heavy atom. The maximum atomic E-state index is 13.2. The third-order valence-electron chi connectivity index (χ3n) is 5.02. The molecule has 0 spiro atoms. The van der Waals surface area contributed by atoms with Crippen molar-refractivity contribution in [3.05, 3.63) is 65.2 Å². The molecule has 0 unspecified atom stereocenters. The zero-order valence-electron chi connectivity index (χ0n) is 16.5. The summed E-state index contributed by atoms with van der Waals surface area (Å²) >= 11 is 6.08. The van der Waals surface area contributed by atoms with E-state index in [4.69, 9.17) is 16.7 Å². The Morgan fingerprint density at radius 3 is 2.30 bits per heavy atom. The van der Waals surface area contributed by atoms with Crippen LogP contribution in [0.15, 0.2) is 54.6 Å². The van der Waals surface area contributed by atoms with Gasteiger partial charge >= 0.3 is 5.97 Å². The number of nitrogens with zero attached hydrogens (tertiary/aromatic N) is 2. The van der Waals surface area contributed by atoms with Gasteiger partial charge in [0.1, 0.15) is 6.04 Å². The molecule has 0 aromatic heterocycles. The molecule has 1 atom stereocenters. The second-order valence-corrected chi connectivity index (χ2v) is 7.53. The molecule has 8 heteroatoms. The molecule has 7 nitrogen and oxygen atoms in total. The molecule has 158 valence electrons. The van der Waals surface area contributed by atoms with E-state index in [1.54, 1.807) is 29.2 Å². The van der Waals surface area contributed by atoms with Crippen molar-refractivity contribution in [2.45, 2.75) is 18.9 Å². The van der Waals surface area contributed by atoms with Crippen molar-refractivity contribution >= 4 is 35.1 Å². The molecule has 2 aromatic carbocycles. The van der Waals surface area contributed by atoms with Crippen LogP contribution in [0.5, 0.6) is 0 Å². The third kappa shape index (κ3) is 5.73. The number of carboxylic acid groups (broad SMARTS) is 1. The van der Waals surface area contributed by atoms with Gasteiger partial charge in [0.05, 0.1) is 6.42 Å². The van der Waals surface area contributed by atoms with Crippen LogP contribution >= 0.6 is 11.6 Å². The number of halogens is 1. The van der Waals surface area contributed by atoms with Crippen LogP contribution in [0, 0.1) is 0 Å². The van der Waals surface area contributed by atoms with E-state index in [1.807, 2.05) is 30.3 Å². The molecule has 0 radical (unpaired) electrons. The standard InChI is InChI=1S/C22H24ClN3O4/c23-17-7-4-8-18(15-17)25-11-13-26(14-12-25)22(30)21(16-5-2-1-3-6-16)24-19(27)9-10-20(28)29/h1-8,15,21H,9-14H2,(H,24,27)(H,28,29)/t21-/m1/s1. The summed E-state index contributed by atoms with van der Waals surface area (Å²) in [5, 5.41) is 12.2. The molecule has 0 saturated carbocycles. The fourth-order valence-corrected chi connectivity index (χ4v) is 3.61. The fourth-order valence-electron chi connectivity index (χ4n) is 3.43. The molecule has 0 bridgehead atoms. The maximum absolute atomic E-state index is 13.2. The van der Waals surface area contributed by atoms with Crippen molar-refractivity contribution < 1.29 is 19.5 Å². The minimum atomic E-state index is -1.05.